The van der Waals surface area contributed by atoms with Crippen molar-refractivity contribution in [1.29, 1.82) is 0 Å². The van der Waals surface area contributed by atoms with Crippen molar-refractivity contribution in [1.82, 2.24) is 14.7 Å². The van der Waals surface area contributed by atoms with Gasteiger partial charge in [0.2, 0.25) is 5.82 Å². The maximum atomic E-state index is 12.8. The molecular weight excluding hydrogens is 364 g/mol. The van der Waals surface area contributed by atoms with Crippen molar-refractivity contribution in [3.63, 3.8) is 0 Å². The smallest absolute Gasteiger partial charge is 0.287 e. The number of pyridine rings is 1. The number of carbonyl (C=O) groups excluding carboxylic acids is 2. The van der Waals surface area contributed by atoms with Gasteiger partial charge in [0, 0.05) is 23.5 Å². The largest absolute Gasteiger partial charge is 0.349 e. The van der Waals surface area contributed by atoms with E-state index in [1.165, 1.54) is 0 Å². The Kier molecular flexibility index (Phi) is 5.76. The molecule has 0 atom stereocenters. The van der Waals surface area contributed by atoms with Gasteiger partial charge in [0.25, 0.3) is 11.8 Å². The van der Waals surface area contributed by atoms with Gasteiger partial charge in [0.1, 0.15) is 0 Å². The van der Waals surface area contributed by atoms with Crippen LogP contribution < -0.4 is 10.6 Å². The molecule has 0 aliphatic rings. The minimum atomic E-state index is -0.392. The van der Waals surface area contributed by atoms with Crippen molar-refractivity contribution < 1.29 is 9.59 Å². The third kappa shape index (κ3) is 3.95. The molecule has 0 fully saturated rings. The Bertz CT molecular complexity index is 997. The van der Waals surface area contributed by atoms with Gasteiger partial charge in [0.05, 0.1) is 5.52 Å². The summed E-state index contributed by atoms with van der Waals surface area (Å²) in [5, 5.41) is 6.24. The second kappa shape index (κ2) is 8.22. The Labute approximate surface area is 162 Å². The maximum absolute atomic E-state index is 12.8. The number of carbonyl (C=O) groups is 2. The Hall–Kier alpha value is -2.86. The standard InChI is InChI=1S/C20H21ClN4O2/c1-3-4-11-22-20(27)18-24-17(16-10-5-6-12-25(16)18)19(26)23-15-9-7-8-14(21)13(15)2/h5-10,12H,3-4,11H2,1-2H3,(H,22,27)(H,23,26). The molecule has 2 N–H and O–H groups in total. The number of nitrogens with zero attached hydrogens (tertiary/aromatic N) is 2. The molecule has 140 valence electrons. The summed E-state index contributed by atoms with van der Waals surface area (Å²) in [6.45, 7) is 4.45. The number of anilines is 1. The highest BCUT2D eigenvalue weighted by Crippen LogP contribution is 2.24. The first-order valence-electron chi connectivity index (χ1n) is 8.84. The number of rotatable bonds is 6. The summed E-state index contributed by atoms with van der Waals surface area (Å²) >= 11 is 6.12. The third-order valence-corrected chi connectivity index (χ3v) is 4.71. The maximum Gasteiger partial charge on any atom is 0.287 e. The Morgan fingerprint density at radius 3 is 2.74 bits per heavy atom. The second-order valence-electron chi connectivity index (χ2n) is 6.22. The van der Waals surface area contributed by atoms with E-state index in [1.54, 1.807) is 47.0 Å². The molecule has 6 nitrogen and oxygen atoms in total. The molecule has 2 amide bonds. The van der Waals surface area contributed by atoms with Crippen molar-refractivity contribution >= 4 is 34.6 Å². The lowest BCUT2D eigenvalue weighted by Gasteiger charge is -2.08. The van der Waals surface area contributed by atoms with Gasteiger partial charge in [-0.3, -0.25) is 14.0 Å². The van der Waals surface area contributed by atoms with E-state index in [1.807, 2.05) is 6.92 Å². The molecule has 0 bridgehead atoms. The number of hydrogen-bond acceptors (Lipinski definition) is 3. The van der Waals surface area contributed by atoms with Crippen LogP contribution in [0, 0.1) is 6.92 Å². The number of hydrogen-bond donors (Lipinski definition) is 2. The molecule has 3 rings (SSSR count). The third-order valence-electron chi connectivity index (χ3n) is 4.30. The first-order chi connectivity index (χ1) is 13.0. The highest BCUT2D eigenvalue weighted by atomic mass is 35.5. The molecule has 3 aromatic rings. The Morgan fingerprint density at radius 2 is 1.96 bits per heavy atom. The van der Waals surface area contributed by atoms with E-state index in [0.29, 0.717) is 22.8 Å². The van der Waals surface area contributed by atoms with E-state index < -0.39 is 5.91 Å². The first kappa shape index (κ1) is 18.9. The quantitative estimate of drug-likeness (QED) is 0.629. The van der Waals surface area contributed by atoms with Crippen LogP contribution in [0.5, 0.6) is 0 Å². The summed E-state index contributed by atoms with van der Waals surface area (Å²) < 4.78 is 1.63. The van der Waals surface area contributed by atoms with Gasteiger partial charge < -0.3 is 10.6 Å². The van der Waals surface area contributed by atoms with Crippen LogP contribution in [0.4, 0.5) is 5.69 Å². The highest BCUT2D eigenvalue weighted by Gasteiger charge is 2.21. The second-order valence-corrected chi connectivity index (χ2v) is 6.62. The van der Waals surface area contributed by atoms with Crippen LogP contribution in [0.1, 0.15) is 46.4 Å². The molecule has 2 heterocycles. The summed E-state index contributed by atoms with van der Waals surface area (Å²) in [5.41, 5.74) is 2.14. The number of imidazole rings is 1. The normalized spacial score (nSPS) is 10.8. The summed E-state index contributed by atoms with van der Waals surface area (Å²) in [6.07, 6.45) is 3.59. The molecule has 0 unspecified atom stereocenters. The molecule has 2 aromatic heterocycles. The zero-order chi connectivity index (χ0) is 19.4. The Balaban J connectivity index is 1.93. The number of benzene rings is 1. The molecule has 0 saturated carbocycles. The van der Waals surface area contributed by atoms with Crippen molar-refractivity contribution in [2.24, 2.45) is 0 Å². The van der Waals surface area contributed by atoms with E-state index >= 15 is 0 Å². The molecule has 0 spiro atoms. The fourth-order valence-corrected chi connectivity index (χ4v) is 2.92. The van der Waals surface area contributed by atoms with Gasteiger partial charge in [0.15, 0.2) is 5.69 Å². The lowest BCUT2D eigenvalue weighted by atomic mass is 10.2. The van der Waals surface area contributed by atoms with Crippen LogP contribution in [-0.2, 0) is 0 Å². The van der Waals surface area contributed by atoms with E-state index in [4.69, 9.17) is 11.6 Å². The first-order valence-corrected chi connectivity index (χ1v) is 9.22. The fraction of sp³-hybridized carbons (Fsp3) is 0.250. The predicted octanol–water partition coefficient (Wildman–Crippen LogP) is 4.08. The van der Waals surface area contributed by atoms with Gasteiger partial charge in [-0.2, -0.15) is 0 Å². The average Bonchev–Trinajstić information content (AvgIpc) is 3.05. The molecule has 7 heteroatoms. The molecule has 1 aromatic carbocycles. The van der Waals surface area contributed by atoms with Crippen LogP contribution in [-0.4, -0.2) is 27.7 Å². The highest BCUT2D eigenvalue weighted by molar-refractivity contribution is 6.31. The molecule has 0 saturated heterocycles. The van der Waals surface area contributed by atoms with Crippen LogP contribution in [0.3, 0.4) is 0 Å². The SMILES string of the molecule is CCCCNC(=O)c1nc(C(=O)Nc2cccc(Cl)c2C)c2ccccn12. The lowest BCUT2D eigenvalue weighted by Crippen LogP contribution is -2.26. The molecular formula is C20H21ClN4O2. The monoisotopic (exact) mass is 384 g/mol. The number of aromatic nitrogens is 2. The van der Waals surface area contributed by atoms with Gasteiger partial charge in [-0.1, -0.05) is 37.1 Å². The summed E-state index contributed by atoms with van der Waals surface area (Å²) in [7, 11) is 0. The molecule has 0 aliphatic carbocycles. The van der Waals surface area contributed by atoms with Crippen LogP contribution in [0.25, 0.3) is 5.52 Å². The Morgan fingerprint density at radius 1 is 1.15 bits per heavy atom. The van der Waals surface area contributed by atoms with Crippen LogP contribution in [0.2, 0.25) is 5.02 Å². The van der Waals surface area contributed by atoms with Crippen molar-refractivity contribution in [3.05, 3.63) is 64.7 Å². The molecule has 0 aliphatic heterocycles. The van der Waals surface area contributed by atoms with E-state index in [-0.39, 0.29) is 17.4 Å². The van der Waals surface area contributed by atoms with Gasteiger partial charge >= 0.3 is 0 Å². The van der Waals surface area contributed by atoms with Crippen LogP contribution >= 0.6 is 11.6 Å². The molecule has 27 heavy (non-hydrogen) atoms. The number of nitrogens with one attached hydrogen (secondary N) is 2. The summed E-state index contributed by atoms with van der Waals surface area (Å²) in [5.74, 6) is -0.506. The summed E-state index contributed by atoms with van der Waals surface area (Å²) in [4.78, 5) is 29.6. The van der Waals surface area contributed by atoms with Crippen molar-refractivity contribution in [2.45, 2.75) is 26.7 Å². The fourth-order valence-electron chi connectivity index (χ4n) is 2.75. The van der Waals surface area contributed by atoms with E-state index in [2.05, 4.69) is 22.5 Å². The summed E-state index contributed by atoms with van der Waals surface area (Å²) in [6, 6.07) is 10.7. The zero-order valence-corrected chi connectivity index (χ0v) is 16.0. The zero-order valence-electron chi connectivity index (χ0n) is 15.3. The minimum absolute atomic E-state index is 0.190. The number of unbranched alkanes of at least 4 members (excludes halogenated alkanes) is 1. The van der Waals surface area contributed by atoms with E-state index in [9.17, 15) is 9.59 Å². The van der Waals surface area contributed by atoms with E-state index in [0.717, 1.165) is 18.4 Å². The van der Waals surface area contributed by atoms with Gasteiger partial charge in [-0.15, -0.1) is 0 Å². The lowest BCUT2D eigenvalue weighted by molar-refractivity contribution is 0.0942. The van der Waals surface area contributed by atoms with Crippen molar-refractivity contribution in [2.75, 3.05) is 11.9 Å². The minimum Gasteiger partial charge on any atom is -0.349 e. The number of halogens is 1. The average molecular weight is 385 g/mol. The number of amides is 2. The molecule has 0 radical (unpaired) electrons. The van der Waals surface area contributed by atoms with Crippen molar-refractivity contribution in [3.8, 4) is 0 Å². The number of fused-ring (bicyclic) bond motifs is 1. The van der Waals surface area contributed by atoms with Gasteiger partial charge in [-0.05, 0) is 43.2 Å². The predicted molar refractivity (Wildman–Crippen MR) is 107 cm³/mol. The van der Waals surface area contributed by atoms with Gasteiger partial charge in [-0.25, -0.2) is 4.98 Å². The topological polar surface area (TPSA) is 75.5 Å². The van der Waals surface area contributed by atoms with Crippen LogP contribution in [0.15, 0.2) is 42.6 Å².